The van der Waals surface area contributed by atoms with E-state index in [0.717, 1.165) is 119 Å². The maximum Gasteiger partial charge on any atom is 3.00 e. The van der Waals surface area contributed by atoms with E-state index in [9.17, 15) is 0 Å². The number of hydrogen-bond donors (Lipinski definition) is 2. The monoisotopic (exact) mass is 793 g/mol. The molecule has 9 heterocycles. The van der Waals surface area contributed by atoms with E-state index in [4.69, 9.17) is 9.97 Å². The van der Waals surface area contributed by atoms with Gasteiger partial charge in [-0.25, -0.2) is 9.97 Å². The molecule has 6 aliphatic rings. The average Bonchev–Trinajstić information content (AvgIpc) is 4.09. The van der Waals surface area contributed by atoms with Gasteiger partial charge in [-0.1, -0.05) is 24.3 Å². The van der Waals surface area contributed by atoms with Crippen LogP contribution in [-0.2, 0) is 17.1 Å². The average molecular weight is 794 g/mol. The van der Waals surface area contributed by atoms with Gasteiger partial charge in [0.25, 0.3) is 0 Å². The Morgan fingerprint density at radius 1 is 0.421 bits per heavy atom. The van der Waals surface area contributed by atoms with E-state index in [1.54, 1.807) is 0 Å². The van der Waals surface area contributed by atoms with Crippen molar-refractivity contribution in [2.45, 2.75) is 27.7 Å². The molecule has 0 aliphatic carbocycles. The van der Waals surface area contributed by atoms with Gasteiger partial charge in [-0.3, -0.25) is 0 Å². The number of nitrogens with zero attached hydrogens (tertiary/aromatic N) is 6. The van der Waals surface area contributed by atoms with E-state index in [-0.39, 0.29) is 17.1 Å². The van der Waals surface area contributed by atoms with Crippen molar-refractivity contribution in [3.63, 3.8) is 0 Å². The summed E-state index contributed by atoms with van der Waals surface area (Å²) in [6.07, 6.45) is 35.2. The summed E-state index contributed by atoms with van der Waals surface area (Å²) in [7, 11) is 0. The number of likely N-dealkylation sites (N-methyl/N-ethyl adjacent to an activating group) is 4. The third-order valence-electron chi connectivity index (χ3n) is 11.5. The van der Waals surface area contributed by atoms with E-state index in [0.29, 0.717) is 0 Å². The predicted molar refractivity (Wildman–Crippen MR) is 236 cm³/mol. The minimum Gasteiger partial charge on any atom is -0.373 e. The van der Waals surface area contributed by atoms with Gasteiger partial charge in [0.15, 0.2) is 0 Å². The first-order valence-corrected chi connectivity index (χ1v) is 20.2. The van der Waals surface area contributed by atoms with E-state index in [1.165, 1.54) is 22.3 Å². The van der Waals surface area contributed by atoms with Crippen molar-refractivity contribution in [2.75, 3.05) is 52.4 Å². The second kappa shape index (κ2) is 16.4. The summed E-state index contributed by atoms with van der Waals surface area (Å²) in [5, 5.41) is 0. The number of allylic oxidation sites excluding steroid dienone is 8. The number of nitrogens with one attached hydrogen (secondary N) is 2. The Bertz CT molecular complexity index is 2220. The van der Waals surface area contributed by atoms with Crippen LogP contribution >= 0.6 is 0 Å². The van der Waals surface area contributed by atoms with Gasteiger partial charge in [0.05, 0.1) is 22.8 Å². The largest absolute Gasteiger partial charge is 3.00 e. The van der Waals surface area contributed by atoms with Crippen LogP contribution < -0.4 is 0 Å². The van der Waals surface area contributed by atoms with Crippen LogP contribution in [0.15, 0.2) is 97.7 Å². The van der Waals surface area contributed by atoms with Gasteiger partial charge in [-0.15, -0.1) is 0 Å². The molecule has 9 heteroatoms. The summed E-state index contributed by atoms with van der Waals surface area (Å²) >= 11 is 0. The van der Waals surface area contributed by atoms with Crippen LogP contribution in [0, 0.1) is 0 Å². The second-order valence-corrected chi connectivity index (χ2v) is 14.9. The number of aromatic nitrogens is 4. The van der Waals surface area contributed by atoms with Crippen molar-refractivity contribution in [3.8, 4) is 0 Å². The van der Waals surface area contributed by atoms with Crippen molar-refractivity contribution in [1.82, 2.24) is 39.5 Å². The van der Waals surface area contributed by atoms with Crippen LogP contribution in [0.5, 0.6) is 0 Å². The molecule has 0 amide bonds. The first kappa shape index (κ1) is 38.1. The molecule has 0 saturated heterocycles. The molecule has 3 aromatic rings. The Hall–Kier alpha value is -5.76. The van der Waals surface area contributed by atoms with Crippen LogP contribution in [0.2, 0.25) is 0 Å². The Morgan fingerprint density at radius 3 is 0.895 bits per heavy atom. The molecule has 0 unspecified atom stereocenters. The summed E-state index contributed by atoms with van der Waals surface area (Å²) in [5.74, 6) is 0. The van der Waals surface area contributed by atoms with Crippen LogP contribution in [-0.4, -0.2) is 91.9 Å². The van der Waals surface area contributed by atoms with Gasteiger partial charge >= 0.3 is 17.1 Å². The van der Waals surface area contributed by atoms with Gasteiger partial charge in [0.1, 0.15) is 0 Å². The first-order chi connectivity index (χ1) is 27.5. The molecule has 8 bridgehead atoms. The molecule has 9 rings (SSSR count). The zero-order valence-electron chi connectivity index (χ0n) is 33.3. The maximum absolute atomic E-state index is 5.53. The summed E-state index contributed by atoms with van der Waals surface area (Å²) in [4.78, 5) is 28.3. The van der Waals surface area contributed by atoms with E-state index < -0.39 is 0 Å². The predicted octanol–water partition coefficient (Wildman–Crippen LogP) is 9.58. The quantitative estimate of drug-likeness (QED) is 0.153. The van der Waals surface area contributed by atoms with Gasteiger partial charge < -0.3 is 29.6 Å². The molecule has 286 valence electrons. The van der Waals surface area contributed by atoms with E-state index in [2.05, 4.69) is 179 Å². The van der Waals surface area contributed by atoms with E-state index in [1.807, 2.05) is 0 Å². The minimum atomic E-state index is 0. The third kappa shape index (κ3) is 7.34. The van der Waals surface area contributed by atoms with Gasteiger partial charge in [-0.05, 0) is 148 Å². The molecular weight excluding hydrogens is 744 g/mol. The summed E-state index contributed by atoms with van der Waals surface area (Å²) < 4.78 is 0. The number of aromatic amines is 2. The topological polar surface area (TPSA) is 70.3 Å². The van der Waals surface area contributed by atoms with Crippen LogP contribution in [0.4, 0.5) is 0 Å². The smallest absolute Gasteiger partial charge is 0.373 e. The Balaban J connectivity index is 0.00000455. The first-order valence-electron chi connectivity index (χ1n) is 20.2. The Labute approximate surface area is 346 Å². The molecule has 6 aliphatic heterocycles. The summed E-state index contributed by atoms with van der Waals surface area (Å²) in [6.45, 7) is 15.8. The molecule has 2 N–H and O–H groups in total. The zero-order chi connectivity index (χ0) is 38.2. The van der Waals surface area contributed by atoms with Crippen molar-refractivity contribution in [1.29, 1.82) is 0 Å². The second-order valence-electron chi connectivity index (χ2n) is 14.9. The molecule has 0 aromatic carbocycles. The summed E-state index contributed by atoms with van der Waals surface area (Å²) in [6, 6.07) is 8.94. The molecule has 0 radical (unpaired) electrons. The molecule has 3 aromatic heterocycles. The van der Waals surface area contributed by atoms with Crippen molar-refractivity contribution < 1.29 is 17.1 Å². The standard InChI is InChI=1S/C48H50N8.Mn/c1-5-53-25-9-13-33(29-53)45-37-17-19-39(49-37)46(34-14-10-26-54(6-2)30-34)41-21-23-43(51-41)48(36-16-12-28-56(8-4)32-36)44-24-22-42(52-44)47(40-20-18-38(45)50-40)35-15-11-27-55(7-3)31-35;/h9-28,49,52H,5-8,29-32H2,1-4H3;/q;+3. The molecule has 0 spiro atoms. The number of fused-ring (bicyclic) bond motifs is 8. The molecule has 57 heavy (non-hydrogen) atoms. The fraction of sp³-hybridized carbons (Fsp3) is 0.250. The zero-order valence-corrected chi connectivity index (χ0v) is 34.4. The molecule has 0 saturated carbocycles. The summed E-state index contributed by atoms with van der Waals surface area (Å²) in [5.41, 5.74) is 17.4. The minimum absolute atomic E-state index is 0. The Morgan fingerprint density at radius 2 is 0.667 bits per heavy atom. The third-order valence-corrected chi connectivity index (χ3v) is 11.5. The molecular formula is C48H50MnN8+3. The van der Waals surface area contributed by atoms with Crippen LogP contribution in [0.3, 0.4) is 0 Å². The van der Waals surface area contributed by atoms with Gasteiger partial charge in [0.2, 0.25) is 0 Å². The number of rotatable bonds is 8. The number of H-pyrrole nitrogens is 2. The van der Waals surface area contributed by atoms with Gasteiger partial charge in [-0.2, -0.15) is 0 Å². The van der Waals surface area contributed by atoms with E-state index >= 15 is 0 Å². The fourth-order valence-electron chi connectivity index (χ4n) is 8.50. The Kier molecular flexibility index (Phi) is 11.0. The fourth-order valence-corrected chi connectivity index (χ4v) is 8.50. The maximum atomic E-state index is 5.53. The van der Waals surface area contributed by atoms with Gasteiger partial charge in [0, 0.05) is 96.7 Å². The molecule has 0 fully saturated rings. The SMILES string of the molecule is CCN1C=CC=C(c2c3nc(c(C4=CC=CN(CC)C4)c4ccc([nH]4)c(C4=CC=CN(CC)C4)c4nc(c(C5=CC=CN(CC)C5)c5ccc2[nH]5)C=C4)C=C3)C1.[Mn+3]. The van der Waals surface area contributed by atoms with Crippen molar-refractivity contribution in [3.05, 3.63) is 143 Å². The number of hydrogen-bond acceptors (Lipinski definition) is 6. The van der Waals surface area contributed by atoms with Crippen LogP contribution in [0.25, 0.3) is 68.7 Å². The normalized spacial score (nSPS) is 17.2. The van der Waals surface area contributed by atoms with Crippen molar-refractivity contribution in [2.24, 2.45) is 0 Å². The molecule has 8 nitrogen and oxygen atoms in total. The van der Waals surface area contributed by atoms with Crippen molar-refractivity contribution >= 4 is 68.7 Å². The van der Waals surface area contributed by atoms with Crippen LogP contribution in [0.1, 0.15) is 72.7 Å². The molecule has 0 atom stereocenters.